The lowest BCUT2D eigenvalue weighted by Crippen LogP contribution is -2.42. The van der Waals surface area contributed by atoms with Crippen LogP contribution in [0.4, 0.5) is 19.7 Å². The molecule has 2 heterocycles. The summed E-state index contributed by atoms with van der Waals surface area (Å²) < 4.78 is 60.3. The van der Waals surface area contributed by atoms with Crippen LogP contribution in [0.5, 0.6) is 5.75 Å². The number of nitrogen functional groups attached to an aromatic ring is 1. The molecule has 0 radical (unpaired) electrons. The SMILES string of the molecule is COc1ccc(S(=O)(=O)N2CCC(Nc3nc(N)c(C(=O)c4c(F)cccc4F)s3)CC2)cc1. The lowest BCUT2D eigenvalue weighted by Gasteiger charge is -2.31. The Morgan fingerprint density at radius 3 is 2.35 bits per heavy atom. The number of anilines is 2. The summed E-state index contributed by atoms with van der Waals surface area (Å²) in [4.78, 5) is 16.9. The molecule has 0 aliphatic carbocycles. The van der Waals surface area contributed by atoms with Crippen LogP contribution in [0.15, 0.2) is 47.4 Å². The quantitative estimate of drug-likeness (QED) is 0.470. The molecule has 1 aliphatic heterocycles. The summed E-state index contributed by atoms with van der Waals surface area (Å²) in [7, 11) is -2.13. The number of ketones is 1. The predicted molar refractivity (Wildman–Crippen MR) is 125 cm³/mol. The third-order valence-electron chi connectivity index (χ3n) is 5.53. The summed E-state index contributed by atoms with van der Waals surface area (Å²) in [5.74, 6) is -2.38. The normalized spacial score (nSPS) is 15.3. The van der Waals surface area contributed by atoms with Gasteiger partial charge in [0.25, 0.3) is 0 Å². The fraction of sp³-hybridized carbons (Fsp3) is 0.273. The molecule has 0 atom stereocenters. The summed E-state index contributed by atoms with van der Waals surface area (Å²) in [6, 6.07) is 9.27. The van der Waals surface area contributed by atoms with Gasteiger partial charge in [-0.15, -0.1) is 0 Å². The first-order valence-corrected chi connectivity index (χ1v) is 12.6. The summed E-state index contributed by atoms with van der Waals surface area (Å²) in [5.41, 5.74) is 5.17. The molecule has 0 amide bonds. The molecule has 8 nitrogen and oxygen atoms in total. The Bertz CT molecular complexity index is 1280. The van der Waals surface area contributed by atoms with E-state index >= 15 is 0 Å². The highest BCUT2D eigenvalue weighted by atomic mass is 32.2. The van der Waals surface area contributed by atoms with E-state index < -0.39 is 33.0 Å². The minimum Gasteiger partial charge on any atom is -0.497 e. The smallest absolute Gasteiger partial charge is 0.243 e. The van der Waals surface area contributed by atoms with E-state index in [1.54, 1.807) is 12.1 Å². The molecule has 4 rings (SSSR count). The van der Waals surface area contributed by atoms with Crippen LogP contribution in [0.2, 0.25) is 0 Å². The number of benzene rings is 2. The minimum absolute atomic E-state index is 0.0639. The first-order valence-electron chi connectivity index (χ1n) is 10.4. The molecule has 2 aromatic carbocycles. The second-order valence-corrected chi connectivity index (χ2v) is 10.6. The van der Waals surface area contributed by atoms with Crippen LogP contribution in [0.3, 0.4) is 0 Å². The molecule has 34 heavy (non-hydrogen) atoms. The number of ether oxygens (including phenoxy) is 1. The van der Waals surface area contributed by atoms with Gasteiger partial charge in [0.05, 0.1) is 17.6 Å². The number of carbonyl (C=O) groups is 1. The fourth-order valence-electron chi connectivity index (χ4n) is 3.70. The van der Waals surface area contributed by atoms with Crippen molar-refractivity contribution in [1.82, 2.24) is 9.29 Å². The summed E-state index contributed by atoms with van der Waals surface area (Å²) in [6.45, 7) is 0.582. The first-order chi connectivity index (χ1) is 16.2. The molecule has 180 valence electrons. The molecule has 0 spiro atoms. The van der Waals surface area contributed by atoms with Gasteiger partial charge in [-0.3, -0.25) is 4.79 Å². The number of thiazole rings is 1. The van der Waals surface area contributed by atoms with Gasteiger partial charge in [-0.05, 0) is 49.2 Å². The van der Waals surface area contributed by atoms with E-state index in [9.17, 15) is 22.0 Å². The third-order valence-corrected chi connectivity index (χ3v) is 8.44. The Kier molecular flexibility index (Phi) is 6.82. The molecular weight excluding hydrogens is 486 g/mol. The Morgan fingerprint density at radius 1 is 1.15 bits per heavy atom. The van der Waals surface area contributed by atoms with Gasteiger partial charge < -0.3 is 15.8 Å². The maximum absolute atomic E-state index is 14.0. The number of nitrogens with two attached hydrogens (primary N) is 1. The second-order valence-electron chi connectivity index (χ2n) is 7.66. The molecule has 1 saturated heterocycles. The van der Waals surface area contributed by atoms with Gasteiger partial charge in [0.15, 0.2) is 5.13 Å². The lowest BCUT2D eigenvalue weighted by atomic mass is 10.1. The Labute approximate surface area is 199 Å². The largest absolute Gasteiger partial charge is 0.497 e. The third kappa shape index (κ3) is 4.74. The molecule has 12 heteroatoms. The zero-order valence-corrected chi connectivity index (χ0v) is 19.8. The highest BCUT2D eigenvalue weighted by Crippen LogP contribution is 2.31. The topological polar surface area (TPSA) is 115 Å². The van der Waals surface area contributed by atoms with Crippen LogP contribution in [0.1, 0.15) is 28.1 Å². The zero-order valence-electron chi connectivity index (χ0n) is 18.1. The number of nitrogens with one attached hydrogen (secondary N) is 1. The molecular formula is C22H22F2N4O4S2. The molecule has 1 fully saturated rings. The molecule has 0 bridgehead atoms. The number of hydrogen-bond donors (Lipinski definition) is 2. The summed E-state index contributed by atoms with van der Waals surface area (Å²) in [5, 5.41) is 3.48. The number of rotatable bonds is 7. The van der Waals surface area contributed by atoms with E-state index in [1.165, 1.54) is 29.6 Å². The number of carbonyl (C=O) groups excluding carboxylic acids is 1. The van der Waals surface area contributed by atoms with Gasteiger partial charge >= 0.3 is 0 Å². The maximum atomic E-state index is 14.0. The first kappa shape index (κ1) is 24.0. The molecule has 3 aromatic rings. The number of halogens is 2. The van der Waals surface area contributed by atoms with Crippen molar-refractivity contribution in [3.8, 4) is 5.75 Å². The summed E-state index contributed by atoms with van der Waals surface area (Å²) >= 11 is 0.906. The van der Waals surface area contributed by atoms with Gasteiger partial charge in [0, 0.05) is 19.1 Å². The number of nitrogens with zero attached hydrogens (tertiary/aromatic N) is 2. The van der Waals surface area contributed by atoms with Gasteiger partial charge in [0.2, 0.25) is 15.8 Å². The summed E-state index contributed by atoms with van der Waals surface area (Å²) in [6.07, 6.45) is 1.00. The van der Waals surface area contributed by atoms with Crippen molar-refractivity contribution in [2.75, 3.05) is 31.2 Å². The van der Waals surface area contributed by atoms with Crippen molar-refractivity contribution in [3.05, 3.63) is 64.5 Å². The van der Waals surface area contributed by atoms with E-state index in [2.05, 4.69) is 10.3 Å². The van der Waals surface area contributed by atoms with Crippen molar-refractivity contribution in [1.29, 1.82) is 0 Å². The minimum atomic E-state index is -3.63. The molecule has 1 aliphatic rings. The van der Waals surface area contributed by atoms with Gasteiger partial charge in [-0.25, -0.2) is 22.2 Å². The van der Waals surface area contributed by atoms with Crippen molar-refractivity contribution < 1.29 is 26.7 Å². The average molecular weight is 509 g/mol. The number of hydrogen-bond acceptors (Lipinski definition) is 8. The van der Waals surface area contributed by atoms with Crippen LogP contribution in [-0.2, 0) is 10.0 Å². The fourth-order valence-corrected chi connectivity index (χ4v) is 6.07. The Balaban J connectivity index is 1.41. The van der Waals surface area contributed by atoms with Crippen LogP contribution >= 0.6 is 11.3 Å². The van der Waals surface area contributed by atoms with E-state index in [0.29, 0.717) is 36.8 Å². The van der Waals surface area contributed by atoms with E-state index in [4.69, 9.17) is 10.5 Å². The second kappa shape index (κ2) is 9.65. The Morgan fingerprint density at radius 2 is 1.76 bits per heavy atom. The van der Waals surface area contributed by atoms with Crippen LogP contribution in [0.25, 0.3) is 0 Å². The van der Waals surface area contributed by atoms with Gasteiger partial charge in [-0.2, -0.15) is 4.31 Å². The number of sulfonamides is 1. The van der Waals surface area contributed by atoms with E-state index in [-0.39, 0.29) is 21.6 Å². The van der Waals surface area contributed by atoms with Crippen LogP contribution in [0, 0.1) is 11.6 Å². The van der Waals surface area contributed by atoms with Crippen LogP contribution in [-0.4, -0.2) is 49.7 Å². The van der Waals surface area contributed by atoms with Crippen molar-refractivity contribution in [2.24, 2.45) is 0 Å². The molecule has 0 unspecified atom stereocenters. The van der Waals surface area contributed by atoms with Gasteiger partial charge in [-0.1, -0.05) is 17.4 Å². The number of methoxy groups -OCH3 is 1. The lowest BCUT2D eigenvalue weighted by molar-refractivity contribution is 0.103. The average Bonchev–Trinajstić information content (AvgIpc) is 3.19. The van der Waals surface area contributed by atoms with Crippen molar-refractivity contribution in [3.63, 3.8) is 0 Å². The molecule has 0 saturated carbocycles. The highest BCUT2D eigenvalue weighted by Gasteiger charge is 2.30. The number of aromatic nitrogens is 1. The highest BCUT2D eigenvalue weighted by molar-refractivity contribution is 7.89. The predicted octanol–water partition coefficient (Wildman–Crippen LogP) is 3.51. The van der Waals surface area contributed by atoms with Gasteiger partial charge in [0.1, 0.15) is 28.1 Å². The molecule has 3 N–H and O–H groups in total. The zero-order chi connectivity index (χ0) is 24.5. The van der Waals surface area contributed by atoms with Crippen LogP contribution < -0.4 is 15.8 Å². The van der Waals surface area contributed by atoms with E-state index in [0.717, 1.165) is 23.5 Å². The standard InChI is InChI=1S/C22H22F2N4O4S2/c1-32-14-5-7-15(8-6-14)34(30,31)28-11-9-13(10-12-28)26-22-27-21(25)20(33-22)19(29)18-16(23)3-2-4-17(18)24/h2-8,13H,9-12,25H2,1H3,(H,26,27). The molecule has 1 aromatic heterocycles. The number of piperidine rings is 1. The maximum Gasteiger partial charge on any atom is 0.243 e. The van der Waals surface area contributed by atoms with Crippen molar-refractivity contribution >= 4 is 38.1 Å². The Hall–Kier alpha value is -3.09. The van der Waals surface area contributed by atoms with Crippen molar-refractivity contribution in [2.45, 2.75) is 23.8 Å². The van der Waals surface area contributed by atoms with E-state index in [1.807, 2.05) is 0 Å². The monoisotopic (exact) mass is 508 g/mol.